The number of halogens is 5. The third-order valence-electron chi connectivity index (χ3n) is 3.75. The van der Waals surface area contributed by atoms with Crippen LogP contribution < -0.4 is 11.5 Å². The number of nitrogens with two attached hydrogens (primary N) is 2. The molecule has 0 aliphatic carbocycles. The topological polar surface area (TPSA) is 123 Å². The van der Waals surface area contributed by atoms with Crippen LogP contribution in [0.5, 0.6) is 0 Å². The first-order chi connectivity index (χ1) is 15.3. The lowest BCUT2D eigenvalue weighted by atomic mass is 10.1. The number of nitrogen functional groups attached to an aromatic ring is 1. The van der Waals surface area contributed by atoms with Gasteiger partial charge in [-0.05, 0) is 61.5 Å². The van der Waals surface area contributed by atoms with Crippen molar-refractivity contribution in [3.63, 3.8) is 0 Å². The lowest BCUT2D eigenvalue weighted by Crippen LogP contribution is -2.13. The van der Waals surface area contributed by atoms with Crippen LogP contribution in [0.4, 0.5) is 14.5 Å². The molecule has 0 saturated heterocycles. The van der Waals surface area contributed by atoms with Crippen LogP contribution in [0.15, 0.2) is 68.0 Å². The fourth-order valence-corrected chi connectivity index (χ4v) is 3.25. The van der Waals surface area contributed by atoms with Crippen LogP contribution in [-0.2, 0) is 0 Å². The van der Waals surface area contributed by atoms with Crippen LogP contribution in [0, 0.1) is 11.6 Å². The first kappa shape index (κ1) is 28.4. The molecular weight excluding hydrogens is 634 g/mol. The number of hydrogen-bond acceptors (Lipinski definition) is 4. The number of carbonyl (C=O) groups excluding carboxylic acids is 2. The summed E-state index contributed by atoms with van der Waals surface area (Å²) < 4.78 is 27.5. The van der Waals surface area contributed by atoms with Crippen molar-refractivity contribution in [3.05, 3.63) is 96.3 Å². The fraction of sp³-hybridized carbons (Fsp3) is 0.0455. The number of benzene rings is 3. The second kappa shape index (κ2) is 13.2. The Bertz CT molecular complexity index is 1040. The normalized spacial score (nSPS) is 9.64. The van der Waals surface area contributed by atoms with E-state index in [0.29, 0.717) is 20.2 Å². The number of hydrogen-bond donors (Lipinski definition) is 3. The smallest absolute Gasteiger partial charge is 0.338 e. The summed E-state index contributed by atoms with van der Waals surface area (Å²) in [4.78, 5) is 31.8. The SMILES string of the molecule is CC(=O)c1cc(Br)ccc1F.NC(=O)c1cc(Br)ccc1N.O=C(O)c1cc(Br)ccc1F. The zero-order valence-corrected chi connectivity index (χ0v) is 21.7. The maximum atomic E-state index is 12.8. The Morgan fingerprint density at radius 1 is 0.758 bits per heavy atom. The summed E-state index contributed by atoms with van der Waals surface area (Å²) in [7, 11) is 0. The molecule has 33 heavy (non-hydrogen) atoms. The Morgan fingerprint density at radius 2 is 1.15 bits per heavy atom. The van der Waals surface area contributed by atoms with E-state index >= 15 is 0 Å². The first-order valence-electron chi connectivity index (χ1n) is 8.82. The van der Waals surface area contributed by atoms with Gasteiger partial charge in [0.15, 0.2) is 5.78 Å². The van der Waals surface area contributed by atoms with Crippen LogP contribution in [0.3, 0.4) is 0 Å². The highest BCUT2D eigenvalue weighted by Gasteiger charge is 2.09. The number of ketones is 1. The standard InChI is InChI=1S/C8H6BrFO.C7H4BrFO2.C7H7BrN2O/c1-5(11)7-4-6(9)2-3-8(7)10;2*8-4-1-2-6(9)5(3-4)7(10)11/h2-4H,1H3;1-3H,(H,10,11);1-3H,9H2,(H2,10,11). The summed E-state index contributed by atoms with van der Waals surface area (Å²) in [6, 6.07) is 13.0. The molecule has 0 aliphatic rings. The molecule has 3 rings (SSSR count). The predicted octanol–water partition coefficient (Wildman–Crippen LogP) is 6.21. The zero-order valence-electron chi connectivity index (χ0n) is 16.9. The Hall–Kier alpha value is -2.63. The van der Waals surface area contributed by atoms with Crippen LogP contribution in [0.2, 0.25) is 0 Å². The van der Waals surface area contributed by atoms with Crippen molar-refractivity contribution < 1.29 is 28.3 Å². The van der Waals surface area contributed by atoms with E-state index in [1.54, 1.807) is 24.3 Å². The van der Waals surface area contributed by atoms with Gasteiger partial charge in [-0.15, -0.1) is 0 Å². The van der Waals surface area contributed by atoms with Gasteiger partial charge < -0.3 is 16.6 Å². The maximum absolute atomic E-state index is 12.8. The molecule has 3 aromatic carbocycles. The average Bonchev–Trinajstić information content (AvgIpc) is 2.73. The number of carboxylic acid groups (broad SMARTS) is 1. The number of amides is 1. The van der Waals surface area contributed by atoms with Gasteiger partial charge in [0.05, 0.1) is 16.7 Å². The number of aromatic carboxylic acids is 1. The number of carboxylic acids is 1. The number of primary amides is 1. The van der Waals surface area contributed by atoms with E-state index in [-0.39, 0.29) is 16.9 Å². The first-order valence-corrected chi connectivity index (χ1v) is 11.2. The van der Waals surface area contributed by atoms with Crippen molar-refractivity contribution in [2.75, 3.05) is 5.73 Å². The van der Waals surface area contributed by atoms with Gasteiger partial charge in [-0.25, -0.2) is 13.6 Å². The largest absolute Gasteiger partial charge is 0.478 e. The number of rotatable bonds is 3. The van der Waals surface area contributed by atoms with E-state index in [1.165, 1.54) is 31.2 Å². The van der Waals surface area contributed by atoms with Crippen LogP contribution >= 0.6 is 47.8 Å². The van der Waals surface area contributed by atoms with Crippen molar-refractivity contribution in [3.8, 4) is 0 Å². The van der Waals surface area contributed by atoms with Gasteiger partial charge in [0.2, 0.25) is 0 Å². The number of Topliss-reactive ketones (excluding diaryl/α,β-unsaturated/α-hetero) is 1. The monoisotopic (exact) mass is 648 g/mol. The van der Waals surface area contributed by atoms with E-state index < -0.39 is 23.5 Å². The van der Waals surface area contributed by atoms with Crippen molar-refractivity contribution in [1.29, 1.82) is 0 Å². The van der Waals surface area contributed by atoms with Crippen molar-refractivity contribution in [1.82, 2.24) is 0 Å². The molecular formula is C22H17Br3F2N2O4. The summed E-state index contributed by atoms with van der Waals surface area (Å²) in [5.74, 6) is -3.22. The maximum Gasteiger partial charge on any atom is 0.338 e. The quantitative estimate of drug-likeness (QED) is 0.230. The van der Waals surface area contributed by atoms with Crippen LogP contribution in [0.25, 0.3) is 0 Å². The van der Waals surface area contributed by atoms with Gasteiger partial charge in [-0.2, -0.15) is 0 Å². The molecule has 174 valence electrons. The summed E-state index contributed by atoms with van der Waals surface area (Å²) in [6.07, 6.45) is 0. The third kappa shape index (κ3) is 9.40. The van der Waals surface area contributed by atoms with Gasteiger partial charge in [0.25, 0.3) is 5.91 Å². The minimum Gasteiger partial charge on any atom is -0.478 e. The van der Waals surface area contributed by atoms with Crippen molar-refractivity contribution in [2.45, 2.75) is 6.92 Å². The number of anilines is 1. The second-order valence-corrected chi connectivity index (χ2v) is 8.95. The van der Waals surface area contributed by atoms with Crippen molar-refractivity contribution >= 4 is 71.1 Å². The van der Waals surface area contributed by atoms with Gasteiger partial charge >= 0.3 is 5.97 Å². The second-order valence-electron chi connectivity index (χ2n) is 6.21. The van der Waals surface area contributed by atoms with E-state index in [0.717, 1.165) is 10.5 Å². The Balaban J connectivity index is 0.000000247. The van der Waals surface area contributed by atoms with Gasteiger partial charge in [-0.3, -0.25) is 9.59 Å². The molecule has 3 aromatic rings. The average molecular weight is 651 g/mol. The zero-order chi connectivity index (χ0) is 25.3. The van der Waals surface area contributed by atoms with E-state index in [9.17, 15) is 23.2 Å². The summed E-state index contributed by atoms with van der Waals surface area (Å²) in [6.45, 7) is 1.34. The van der Waals surface area contributed by atoms with Gasteiger partial charge in [0.1, 0.15) is 11.6 Å². The molecule has 0 fully saturated rings. The molecule has 5 N–H and O–H groups in total. The summed E-state index contributed by atoms with van der Waals surface area (Å²) in [5, 5.41) is 8.43. The Labute approximate surface area is 213 Å². The molecule has 6 nitrogen and oxygen atoms in total. The minimum atomic E-state index is -1.26. The molecule has 11 heteroatoms. The number of carbonyl (C=O) groups is 3. The molecule has 1 amide bonds. The van der Waals surface area contributed by atoms with E-state index in [4.69, 9.17) is 16.6 Å². The Kier molecular flexibility index (Phi) is 11.3. The van der Waals surface area contributed by atoms with Gasteiger partial charge in [0, 0.05) is 19.1 Å². The molecule has 0 bridgehead atoms. The van der Waals surface area contributed by atoms with E-state index in [1.807, 2.05) is 0 Å². The highest BCUT2D eigenvalue weighted by Crippen LogP contribution is 2.18. The molecule has 0 unspecified atom stereocenters. The summed E-state index contributed by atoms with van der Waals surface area (Å²) >= 11 is 9.38. The van der Waals surface area contributed by atoms with Crippen LogP contribution in [-0.4, -0.2) is 22.8 Å². The molecule has 0 atom stereocenters. The van der Waals surface area contributed by atoms with Crippen molar-refractivity contribution in [2.24, 2.45) is 5.73 Å². The third-order valence-corrected chi connectivity index (χ3v) is 5.23. The lowest BCUT2D eigenvalue weighted by molar-refractivity contribution is 0.0691. The Morgan fingerprint density at radius 3 is 1.48 bits per heavy atom. The van der Waals surface area contributed by atoms with Crippen LogP contribution in [0.1, 0.15) is 38.0 Å². The molecule has 0 spiro atoms. The van der Waals surface area contributed by atoms with Gasteiger partial charge in [-0.1, -0.05) is 47.8 Å². The highest BCUT2D eigenvalue weighted by molar-refractivity contribution is 9.11. The molecule has 0 radical (unpaired) electrons. The summed E-state index contributed by atoms with van der Waals surface area (Å²) in [5.41, 5.74) is 11.1. The molecule has 0 aromatic heterocycles. The molecule has 0 heterocycles. The molecule has 0 saturated carbocycles. The predicted molar refractivity (Wildman–Crippen MR) is 132 cm³/mol. The fourth-order valence-electron chi connectivity index (χ4n) is 2.17. The minimum absolute atomic E-state index is 0.124. The molecule has 0 aliphatic heterocycles. The highest BCUT2D eigenvalue weighted by atomic mass is 79.9. The van der Waals surface area contributed by atoms with E-state index in [2.05, 4.69) is 47.8 Å². The lowest BCUT2D eigenvalue weighted by Gasteiger charge is -2.00.